The number of ether oxygens (including phenoxy) is 1. The van der Waals surface area contributed by atoms with Crippen molar-refractivity contribution in [2.75, 3.05) is 0 Å². The number of fused-ring (bicyclic) bond motifs is 1. The van der Waals surface area contributed by atoms with Crippen LogP contribution in [-0.4, -0.2) is 20.5 Å². The molecule has 5 nitrogen and oxygen atoms in total. The number of hydrogen-bond donors (Lipinski definition) is 1. The van der Waals surface area contributed by atoms with Gasteiger partial charge in [-0.15, -0.1) is 5.10 Å². The largest absolute Gasteiger partial charge is 0.459 e. The second kappa shape index (κ2) is 6.05. The molecule has 0 aliphatic rings. The third-order valence-corrected chi connectivity index (χ3v) is 3.94. The summed E-state index contributed by atoms with van der Waals surface area (Å²) in [6.07, 6.45) is 3.10. The van der Waals surface area contributed by atoms with Gasteiger partial charge in [-0.25, -0.2) is 0 Å². The number of H-pyrrole nitrogens is 1. The number of carbonyl (C=O) groups is 1. The summed E-state index contributed by atoms with van der Waals surface area (Å²) in [7, 11) is 0. The number of hydrogen-bond acceptors (Lipinski definition) is 5. The van der Waals surface area contributed by atoms with Crippen LogP contribution < -0.4 is 0 Å². The zero-order valence-electron chi connectivity index (χ0n) is 11.6. The van der Waals surface area contributed by atoms with E-state index < -0.39 is 0 Å². The van der Waals surface area contributed by atoms with Crippen LogP contribution in [0.1, 0.15) is 23.7 Å². The quantitative estimate of drug-likeness (QED) is 0.736. The molecule has 21 heavy (non-hydrogen) atoms. The van der Waals surface area contributed by atoms with E-state index in [1.54, 1.807) is 5.38 Å². The van der Waals surface area contributed by atoms with E-state index in [1.807, 2.05) is 18.3 Å². The predicted molar refractivity (Wildman–Crippen MR) is 81.1 cm³/mol. The first-order valence-corrected chi connectivity index (χ1v) is 7.61. The Labute approximate surface area is 126 Å². The average molecular weight is 301 g/mol. The van der Waals surface area contributed by atoms with Crippen LogP contribution in [0.2, 0.25) is 0 Å². The molecule has 0 aliphatic carbocycles. The Balaban J connectivity index is 1.71. The van der Waals surface area contributed by atoms with Gasteiger partial charge in [0.05, 0.1) is 6.42 Å². The molecule has 1 aromatic carbocycles. The van der Waals surface area contributed by atoms with E-state index in [-0.39, 0.29) is 19.0 Å². The van der Waals surface area contributed by atoms with Crippen molar-refractivity contribution in [1.29, 1.82) is 0 Å². The van der Waals surface area contributed by atoms with Gasteiger partial charge >= 0.3 is 5.97 Å². The van der Waals surface area contributed by atoms with Crippen molar-refractivity contribution in [2.45, 2.75) is 26.4 Å². The van der Waals surface area contributed by atoms with Gasteiger partial charge in [-0.1, -0.05) is 29.6 Å². The normalized spacial score (nSPS) is 10.9. The molecule has 0 radical (unpaired) electrons. The van der Waals surface area contributed by atoms with Crippen molar-refractivity contribution in [3.63, 3.8) is 0 Å². The topological polar surface area (TPSA) is 67.9 Å². The SMILES string of the molecule is CCc1cccc2c(CC(=O)OCc3csnn3)c[nH]c12. The molecule has 0 spiro atoms. The molecule has 0 saturated heterocycles. The minimum atomic E-state index is -0.259. The maximum Gasteiger partial charge on any atom is 0.310 e. The van der Waals surface area contributed by atoms with Crippen LogP contribution in [0, 0.1) is 0 Å². The molecule has 0 saturated carbocycles. The standard InChI is InChI=1S/C15H15N3O2S/c1-2-10-4-3-5-13-11(7-16-15(10)13)6-14(19)20-8-12-9-21-18-17-12/h3-5,7,9,16H,2,6,8H2,1H3. The van der Waals surface area contributed by atoms with Crippen LogP contribution in [0.15, 0.2) is 29.8 Å². The highest BCUT2D eigenvalue weighted by atomic mass is 32.1. The van der Waals surface area contributed by atoms with Gasteiger partial charge in [0.15, 0.2) is 0 Å². The summed E-state index contributed by atoms with van der Waals surface area (Å²) in [5.74, 6) is -0.259. The van der Waals surface area contributed by atoms with Gasteiger partial charge in [-0.05, 0) is 29.1 Å². The van der Waals surface area contributed by atoms with E-state index in [4.69, 9.17) is 4.74 Å². The van der Waals surface area contributed by atoms with Crippen LogP contribution in [0.4, 0.5) is 0 Å². The molecule has 0 unspecified atom stereocenters. The number of para-hydroxylation sites is 1. The molecule has 0 atom stereocenters. The van der Waals surface area contributed by atoms with Gasteiger partial charge in [-0.3, -0.25) is 4.79 Å². The first-order valence-electron chi connectivity index (χ1n) is 6.77. The number of rotatable bonds is 5. The molecule has 3 aromatic rings. The summed E-state index contributed by atoms with van der Waals surface area (Å²) >= 11 is 1.25. The first kappa shape index (κ1) is 13.8. The van der Waals surface area contributed by atoms with Gasteiger partial charge in [0, 0.05) is 22.5 Å². The van der Waals surface area contributed by atoms with Gasteiger partial charge in [0.2, 0.25) is 0 Å². The highest BCUT2D eigenvalue weighted by molar-refractivity contribution is 7.03. The molecule has 0 bridgehead atoms. The highest BCUT2D eigenvalue weighted by Gasteiger charge is 2.12. The number of nitrogens with zero attached hydrogens (tertiary/aromatic N) is 2. The lowest BCUT2D eigenvalue weighted by atomic mass is 10.1. The molecule has 2 heterocycles. The van der Waals surface area contributed by atoms with Gasteiger partial charge in [-0.2, -0.15) is 0 Å². The van der Waals surface area contributed by atoms with Crippen LogP contribution in [-0.2, 0) is 29.0 Å². The summed E-state index contributed by atoms with van der Waals surface area (Å²) in [6, 6.07) is 6.14. The predicted octanol–water partition coefficient (Wildman–Crippen LogP) is 2.87. The third kappa shape index (κ3) is 2.95. The number of benzene rings is 1. The van der Waals surface area contributed by atoms with Crippen LogP contribution >= 0.6 is 11.5 Å². The summed E-state index contributed by atoms with van der Waals surface area (Å²) < 4.78 is 8.95. The summed E-state index contributed by atoms with van der Waals surface area (Å²) in [5.41, 5.74) is 3.99. The number of esters is 1. The second-order valence-electron chi connectivity index (χ2n) is 4.74. The average Bonchev–Trinajstić information content (AvgIpc) is 3.15. The Morgan fingerprint density at radius 2 is 2.29 bits per heavy atom. The minimum absolute atomic E-state index is 0.178. The Bertz CT molecular complexity index is 749. The van der Waals surface area contributed by atoms with E-state index >= 15 is 0 Å². The molecule has 1 N–H and O–H groups in total. The second-order valence-corrected chi connectivity index (χ2v) is 5.35. The van der Waals surface area contributed by atoms with E-state index in [1.165, 1.54) is 17.1 Å². The van der Waals surface area contributed by atoms with Crippen molar-refractivity contribution in [1.82, 2.24) is 14.6 Å². The number of nitrogens with one attached hydrogen (secondary N) is 1. The molecule has 6 heteroatoms. The van der Waals surface area contributed by atoms with Crippen LogP contribution in [0.25, 0.3) is 10.9 Å². The molecular weight excluding hydrogens is 286 g/mol. The van der Waals surface area contributed by atoms with Crippen molar-refractivity contribution < 1.29 is 9.53 Å². The summed E-state index contributed by atoms with van der Waals surface area (Å²) in [6.45, 7) is 2.29. The fourth-order valence-electron chi connectivity index (χ4n) is 2.32. The molecule has 0 amide bonds. The fraction of sp³-hybridized carbons (Fsp3) is 0.267. The Hall–Kier alpha value is -2.21. The van der Waals surface area contributed by atoms with Crippen LogP contribution in [0.3, 0.4) is 0 Å². The first-order chi connectivity index (χ1) is 10.3. The molecule has 108 valence electrons. The maximum absolute atomic E-state index is 11.9. The fourth-order valence-corrected chi connectivity index (χ4v) is 2.76. The zero-order valence-corrected chi connectivity index (χ0v) is 12.4. The smallest absolute Gasteiger partial charge is 0.310 e. The molecule has 3 rings (SSSR count). The number of aromatic nitrogens is 3. The minimum Gasteiger partial charge on any atom is -0.459 e. The third-order valence-electron chi connectivity index (χ3n) is 3.39. The highest BCUT2D eigenvalue weighted by Crippen LogP contribution is 2.22. The molecule has 0 aliphatic heterocycles. The van der Waals surface area contributed by atoms with E-state index in [0.717, 1.165) is 22.9 Å². The van der Waals surface area contributed by atoms with E-state index in [2.05, 4.69) is 27.6 Å². The molecule has 2 aromatic heterocycles. The van der Waals surface area contributed by atoms with Crippen molar-refractivity contribution in [3.05, 3.63) is 46.6 Å². The van der Waals surface area contributed by atoms with Crippen LogP contribution in [0.5, 0.6) is 0 Å². The van der Waals surface area contributed by atoms with Crippen molar-refractivity contribution >= 4 is 28.4 Å². The number of aromatic amines is 1. The monoisotopic (exact) mass is 301 g/mol. The summed E-state index contributed by atoms with van der Waals surface area (Å²) in [5, 5.41) is 6.70. The number of aryl methyl sites for hydroxylation is 1. The lowest BCUT2D eigenvalue weighted by Gasteiger charge is -2.03. The summed E-state index contributed by atoms with van der Waals surface area (Å²) in [4.78, 5) is 15.2. The number of carbonyl (C=O) groups excluding carboxylic acids is 1. The Morgan fingerprint density at radius 3 is 3.05 bits per heavy atom. The van der Waals surface area contributed by atoms with Gasteiger partial charge in [0.25, 0.3) is 0 Å². The van der Waals surface area contributed by atoms with E-state index in [0.29, 0.717) is 5.69 Å². The van der Waals surface area contributed by atoms with E-state index in [9.17, 15) is 4.79 Å². The van der Waals surface area contributed by atoms with Crippen molar-refractivity contribution in [3.8, 4) is 0 Å². The molecule has 0 fully saturated rings. The Morgan fingerprint density at radius 1 is 1.38 bits per heavy atom. The van der Waals surface area contributed by atoms with Crippen molar-refractivity contribution in [2.24, 2.45) is 0 Å². The lowest BCUT2D eigenvalue weighted by Crippen LogP contribution is -2.07. The zero-order chi connectivity index (χ0) is 14.7. The maximum atomic E-state index is 11.9. The Kier molecular flexibility index (Phi) is 3.96. The van der Waals surface area contributed by atoms with Gasteiger partial charge in [0.1, 0.15) is 12.3 Å². The van der Waals surface area contributed by atoms with Gasteiger partial charge < -0.3 is 9.72 Å². The lowest BCUT2D eigenvalue weighted by molar-refractivity contribution is -0.144. The molecular formula is C15H15N3O2S.